The van der Waals surface area contributed by atoms with Crippen molar-refractivity contribution in [2.75, 3.05) is 0 Å². The Morgan fingerprint density at radius 1 is 0.346 bits per heavy atom. The van der Waals surface area contributed by atoms with Gasteiger partial charge < -0.3 is 0 Å². The molecule has 3 rings (SSSR count). The fraction of sp³-hybridized carbons (Fsp3) is 0.154. The van der Waals surface area contributed by atoms with Gasteiger partial charge in [-0.25, -0.2) is 0 Å². The minimum atomic E-state index is 1.21. The summed E-state index contributed by atoms with van der Waals surface area (Å²) in [5.41, 5.74) is 4.85. The van der Waals surface area contributed by atoms with Gasteiger partial charge in [-0.1, -0.05) is 137 Å². The smallest absolute Gasteiger partial charge is 0.0256 e. The van der Waals surface area contributed by atoms with Gasteiger partial charge in [-0.05, 0) is 22.3 Å². The van der Waals surface area contributed by atoms with Gasteiger partial charge in [0.15, 0.2) is 0 Å². The highest BCUT2D eigenvalue weighted by molar-refractivity contribution is 5.72. The van der Waals surface area contributed by atoms with Crippen LogP contribution in [0, 0.1) is 0 Å². The predicted octanol–water partition coefficient (Wildman–Crippen LogP) is 8.08. The molecule has 26 heavy (non-hydrogen) atoms. The van der Waals surface area contributed by atoms with Crippen molar-refractivity contribution < 1.29 is 0 Å². The van der Waals surface area contributed by atoms with E-state index in [9.17, 15) is 0 Å². The number of benzene rings is 3. The molecule has 0 N–H and O–H groups in total. The van der Waals surface area contributed by atoms with Crippen molar-refractivity contribution in [1.29, 1.82) is 0 Å². The van der Waals surface area contributed by atoms with Crippen LogP contribution in [-0.4, -0.2) is 0 Å². The maximum Gasteiger partial charge on any atom is -0.0256 e. The SMILES string of the molecule is C(=C\c1ccc(/C=C/c2ccccc2)cc1)/c1ccccc1.CC.CC. The van der Waals surface area contributed by atoms with Crippen LogP contribution in [-0.2, 0) is 0 Å². The summed E-state index contributed by atoms with van der Waals surface area (Å²) in [5.74, 6) is 0. The highest BCUT2D eigenvalue weighted by atomic mass is 14.0. The molecule has 0 amide bonds. The van der Waals surface area contributed by atoms with Crippen LogP contribution in [0.4, 0.5) is 0 Å². The molecule has 3 aromatic rings. The van der Waals surface area contributed by atoms with Crippen molar-refractivity contribution in [1.82, 2.24) is 0 Å². The molecule has 0 saturated carbocycles. The molecule has 0 aliphatic carbocycles. The summed E-state index contributed by atoms with van der Waals surface area (Å²) in [6.07, 6.45) is 8.55. The molecule has 0 fully saturated rings. The molecule has 134 valence electrons. The Morgan fingerprint density at radius 3 is 0.846 bits per heavy atom. The third-order valence-corrected chi connectivity index (χ3v) is 3.47. The van der Waals surface area contributed by atoms with E-state index in [0.717, 1.165) is 0 Å². The fourth-order valence-electron chi connectivity index (χ4n) is 2.23. The predicted molar refractivity (Wildman–Crippen MR) is 120 cm³/mol. The van der Waals surface area contributed by atoms with Crippen LogP contribution in [0.1, 0.15) is 49.9 Å². The molecule has 0 nitrogen and oxygen atoms in total. The van der Waals surface area contributed by atoms with E-state index in [0.29, 0.717) is 0 Å². The van der Waals surface area contributed by atoms with Gasteiger partial charge in [-0.2, -0.15) is 0 Å². The number of hydrogen-bond donors (Lipinski definition) is 0. The fourth-order valence-corrected chi connectivity index (χ4v) is 2.23. The molecular formula is C26H30. The summed E-state index contributed by atoms with van der Waals surface area (Å²) in [7, 11) is 0. The Hall–Kier alpha value is -2.86. The normalized spacial score (nSPS) is 10.0. The number of hydrogen-bond acceptors (Lipinski definition) is 0. The first-order valence-corrected chi connectivity index (χ1v) is 9.46. The lowest BCUT2D eigenvalue weighted by Gasteiger charge is -1.97. The van der Waals surface area contributed by atoms with E-state index in [4.69, 9.17) is 0 Å². The highest BCUT2D eigenvalue weighted by Crippen LogP contribution is 2.12. The lowest BCUT2D eigenvalue weighted by atomic mass is 10.1. The third kappa shape index (κ3) is 7.81. The standard InChI is InChI=1S/C22H18.2C2H6/c1-3-7-19(8-4-1)11-13-21-15-17-22(18-16-21)14-12-20-9-5-2-6-10-20;2*1-2/h1-18H;2*1-2H3/b13-11+,14-12+;;. The summed E-state index contributed by atoms with van der Waals surface area (Å²) in [4.78, 5) is 0. The molecule has 0 aromatic heterocycles. The van der Waals surface area contributed by atoms with E-state index in [2.05, 4.69) is 97.1 Å². The number of rotatable bonds is 4. The second kappa shape index (κ2) is 13.4. The Labute approximate surface area is 159 Å². The monoisotopic (exact) mass is 342 g/mol. The van der Waals surface area contributed by atoms with E-state index >= 15 is 0 Å². The van der Waals surface area contributed by atoms with E-state index in [1.165, 1.54) is 22.3 Å². The molecular weight excluding hydrogens is 312 g/mol. The molecule has 0 bridgehead atoms. The van der Waals surface area contributed by atoms with Crippen molar-refractivity contribution >= 4 is 24.3 Å². The van der Waals surface area contributed by atoms with Gasteiger partial charge in [0.25, 0.3) is 0 Å². The van der Waals surface area contributed by atoms with Crippen LogP contribution in [0.2, 0.25) is 0 Å². The topological polar surface area (TPSA) is 0 Å². The quantitative estimate of drug-likeness (QED) is 0.420. The third-order valence-electron chi connectivity index (χ3n) is 3.47. The largest absolute Gasteiger partial charge is 0.0683 e. The second-order valence-electron chi connectivity index (χ2n) is 5.15. The van der Waals surface area contributed by atoms with Crippen molar-refractivity contribution in [3.8, 4) is 0 Å². The first kappa shape index (κ1) is 21.2. The molecule has 0 heterocycles. The van der Waals surface area contributed by atoms with E-state index < -0.39 is 0 Å². The average Bonchev–Trinajstić information content (AvgIpc) is 2.76. The minimum absolute atomic E-state index is 1.21. The van der Waals surface area contributed by atoms with Crippen molar-refractivity contribution in [3.05, 3.63) is 107 Å². The first-order valence-electron chi connectivity index (χ1n) is 9.46. The molecule has 0 radical (unpaired) electrons. The van der Waals surface area contributed by atoms with Crippen LogP contribution in [0.25, 0.3) is 24.3 Å². The zero-order valence-corrected chi connectivity index (χ0v) is 16.4. The Bertz CT molecular complexity index is 680. The van der Waals surface area contributed by atoms with Gasteiger partial charge in [0.1, 0.15) is 0 Å². The first-order chi connectivity index (χ1) is 12.9. The Morgan fingerprint density at radius 2 is 0.577 bits per heavy atom. The van der Waals surface area contributed by atoms with Crippen molar-refractivity contribution in [2.45, 2.75) is 27.7 Å². The molecule has 0 heteroatoms. The maximum atomic E-state index is 2.14. The average molecular weight is 343 g/mol. The van der Waals surface area contributed by atoms with Crippen LogP contribution in [0.15, 0.2) is 84.9 Å². The maximum absolute atomic E-state index is 2.14. The van der Waals surface area contributed by atoms with E-state index in [1.54, 1.807) is 0 Å². The van der Waals surface area contributed by atoms with Crippen LogP contribution in [0.5, 0.6) is 0 Å². The zero-order valence-electron chi connectivity index (χ0n) is 16.4. The van der Waals surface area contributed by atoms with Gasteiger partial charge >= 0.3 is 0 Å². The van der Waals surface area contributed by atoms with Crippen LogP contribution in [0.3, 0.4) is 0 Å². The van der Waals surface area contributed by atoms with E-state index in [-0.39, 0.29) is 0 Å². The summed E-state index contributed by atoms with van der Waals surface area (Å²) in [6.45, 7) is 8.00. The summed E-state index contributed by atoms with van der Waals surface area (Å²) in [5, 5.41) is 0. The highest BCUT2D eigenvalue weighted by Gasteiger charge is 1.90. The minimum Gasteiger partial charge on any atom is -0.0683 e. The molecule has 0 aliphatic heterocycles. The summed E-state index contributed by atoms with van der Waals surface area (Å²) in [6, 6.07) is 29.3. The summed E-state index contributed by atoms with van der Waals surface area (Å²) >= 11 is 0. The van der Waals surface area contributed by atoms with Crippen LogP contribution < -0.4 is 0 Å². The van der Waals surface area contributed by atoms with Crippen molar-refractivity contribution in [2.24, 2.45) is 0 Å². The molecule has 0 aliphatic rings. The van der Waals surface area contributed by atoms with E-state index in [1.807, 2.05) is 39.8 Å². The van der Waals surface area contributed by atoms with Crippen molar-refractivity contribution in [3.63, 3.8) is 0 Å². The lowest BCUT2D eigenvalue weighted by molar-refractivity contribution is 1.50. The zero-order chi connectivity index (χ0) is 19.0. The molecule has 0 spiro atoms. The van der Waals surface area contributed by atoms with Gasteiger partial charge in [-0.3, -0.25) is 0 Å². The molecule has 0 saturated heterocycles. The Kier molecular flexibility index (Phi) is 10.9. The van der Waals surface area contributed by atoms with Gasteiger partial charge in [0.2, 0.25) is 0 Å². The van der Waals surface area contributed by atoms with Crippen LogP contribution >= 0.6 is 0 Å². The Balaban J connectivity index is 0.000000791. The van der Waals surface area contributed by atoms with Gasteiger partial charge in [-0.15, -0.1) is 0 Å². The molecule has 0 atom stereocenters. The molecule has 0 unspecified atom stereocenters. The van der Waals surface area contributed by atoms with Gasteiger partial charge in [0.05, 0.1) is 0 Å². The van der Waals surface area contributed by atoms with Gasteiger partial charge in [0, 0.05) is 0 Å². The summed E-state index contributed by atoms with van der Waals surface area (Å²) < 4.78 is 0. The lowest BCUT2D eigenvalue weighted by Crippen LogP contribution is -1.75. The second-order valence-corrected chi connectivity index (χ2v) is 5.15. The molecule has 3 aromatic carbocycles.